The van der Waals surface area contributed by atoms with Crippen molar-refractivity contribution in [2.75, 3.05) is 18.0 Å². The summed E-state index contributed by atoms with van der Waals surface area (Å²) >= 11 is 5.94. The average Bonchev–Trinajstić information content (AvgIpc) is 2.26. The SMILES string of the molecule is CC1(C)Oc2ccc(Cl)cc2N(CCN)C1=O. The molecule has 0 spiro atoms. The number of hydrogen-bond donors (Lipinski definition) is 1. The molecule has 5 heteroatoms. The van der Waals surface area contributed by atoms with Gasteiger partial charge in [-0.15, -0.1) is 0 Å². The van der Waals surface area contributed by atoms with Gasteiger partial charge in [0.2, 0.25) is 0 Å². The maximum atomic E-state index is 12.2. The van der Waals surface area contributed by atoms with Crippen LogP contribution in [-0.2, 0) is 4.79 Å². The molecule has 0 unspecified atom stereocenters. The van der Waals surface area contributed by atoms with Crippen LogP contribution in [0.25, 0.3) is 0 Å². The second-order valence-corrected chi connectivity index (χ2v) is 4.91. The Morgan fingerprint density at radius 2 is 2.18 bits per heavy atom. The Morgan fingerprint density at radius 1 is 1.47 bits per heavy atom. The Bertz CT molecular complexity index is 460. The van der Waals surface area contributed by atoms with Gasteiger partial charge in [-0.2, -0.15) is 0 Å². The van der Waals surface area contributed by atoms with E-state index in [1.165, 1.54) is 0 Å². The molecular weight excluding hydrogens is 240 g/mol. The lowest BCUT2D eigenvalue weighted by Crippen LogP contribution is -2.53. The molecule has 1 amide bonds. The first-order chi connectivity index (χ1) is 7.95. The van der Waals surface area contributed by atoms with Crippen LogP contribution < -0.4 is 15.4 Å². The largest absolute Gasteiger partial charge is 0.476 e. The molecule has 0 fully saturated rings. The van der Waals surface area contributed by atoms with Crippen molar-refractivity contribution < 1.29 is 9.53 Å². The summed E-state index contributed by atoms with van der Waals surface area (Å²) < 4.78 is 5.67. The van der Waals surface area contributed by atoms with Crippen LogP contribution in [0.1, 0.15) is 13.8 Å². The van der Waals surface area contributed by atoms with E-state index in [1.54, 1.807) is 36.9 Å². The number of ether oxygens (including phenoxy) is 1. The van der Waals surface area contributed by atoms with Gasteiger partial charge in [-0.1, -0.05) is 11.6 Å². The number of halogens is 1. The number of hydrogen-bond acceptors (Lipinski definition) is 3. The Kier molecular flexibility index (Phi) is 3.02. The molecule has 0 aromatic heterocycles. The van der Waals surface area contributed by atoms with Gasteiger partial charge in [0.25, 0.3) is 5.91 Å². The number of amides is 1. The number of fused-ring (bicyclic) bond motifs is 1. The van der Waals surface area contributed by atoms with Gasteiger partial charge in [-0.3, -0.25) is 4.79 Å². The van der Waals surface area contributed by atoms with Crippen LogP contribution in [0.2, 0.25) is 5.02 Å². The van der Waals surface area contributed by atoms with Crippen LogP contribution >= 0.6 is 11.6 Å². The molecule has 0 atom stereocenters. The highest BCUT2D eigenvalue weighted by Gasteiger charge is 2.40. The maximum Gasteiger partial charge on any atom is 0.270 e. The zero-order valence-electron chi connectivity index (χ0n) is 9.87. The number of nitrogens with zero attached hydrogens (tertiary/aromatic N) is 1. The van der Waals surface area contributed by atoms with Crippen LogP contribution in [0.3, 0.4) is 0 Å². The fraction of sp³-hybridized carbons (Fsp3) is 0.417. The topological polar surface area (TPSA) is 55.6 Å². The van der Waals surface area contributed by atoms with E-state index in [9.17, 15) is 4.79 Å². The molecule has 0 saturated carbocycles. The first kappa shape index (κ1) is 12.2. The highest BCUT2D eigenvalue weighted by atomic mass is 35.5. The molecular formula is C12H15ClN2O2. The highest BCUT2D eigenvalue weighted by Crippen LogP contribution is 2.38. The van der Waals surface area contributed by atoms with Gasteiger partial charge in [0.05, 0.1) is 5.69 Å². The third-order valence-electron chi connectivity index (χ3n) is 2.69. The third kappa shape index (κ3) is 2.10. The lowest BCUT2D eigenvalue weighted by Gasteiger charge is -2.38. The summed E-state index contributed by atoms with van der Waals surface area (Å²) in [6.07, 6.45) is 0. The van der Waals surface area contributed by atoms with Gasteiger partial charge in [-0.05, 0) is 32.0 Å². The van der Waals surface area contributed by atoms with E-state index in [4.69, 9.17) is 22.1 Å². The van der Waals surface area contributed by atoms with E-state index in [0.717, 1.165) is 0 Å². The van der Waals surface area contributed by atoms with Crippen LogP contribution in [-0.4, -0.2) is 24.6 Å². The summed E-state index contributed by atoms with van der Waals surface area (Å²) in [4.78, 5) is 13.8. The summed E-state index contributed by atoms with van der Waals surface area (Å²) in [7, 11) is 0. The molecule has 1 aromatic rings. The van der Waals surface area contributed by atoms with E-state index in [0.29, 0.717) is 29.5 Å². The van der Waals surface area contributed by atoms with Crippen LogP contribution in [0.5, 0.6) is 5.75 Å². The lowest BCUT2D eigenvalue weighted by molar-refractivity contribution is -0.132. The summed E-state index contributed by atoms with van der Waals surface area (Å²) in [5.41, 5.74) is 5.36. The van der Waals surface area contributed by atoms with Crippen LogP contribution in [0, 0.1) is 0 Å². The second kappa shape index (κ2) is 4.20. The van der Waals surface area contributed by atoms with Gasteiger partial charge in [0, 0.05) is 18.1 Å². The molecule has 0 saturated heterocycles. The van der Waals surface area contributed by atoms with Gasteiger partial charge >= 0.3 is 0 Å². The predicted octanol–water partition coefficient (Wildman–Crippen LogP) is 1.80. The molecule has 1 aliphatic rings. The van der Waals surface area contributed by atoms with Crippen LogP contribution in [0.15, 0.2) is 18.2 Å². The van der Waals surface area contributed by atoms with Crippen molar-refractivity contribution in [1.29, 1.82) is 0 Å². The van der Waals surface area contributed by atoms with Crippen molar-refractivity contribution in [3.8, 4) is 5.75 Å². The van der Waals surface area contributed by atoms with Crippen LogP contribution in [0.4, 0.5) is 5.69 Å². The summed E-state index contributed by atoms with van der Waals surface area (Å²) in [5.74, 6) is 0.560. The molecule has 2 rings (SSSR count). The van der Waals surface area contributed by atoms with Gasteiger partial charge in [0.15, 0.2) is 5.60 Å². The summed E-state index contributed by atoms with van der Waals surface area (Å²) in [5, 5.41) is 0.571. The van der Waals surface area contributed by atoms with Crippen molar-refractivity contribution in [1.82, 2.24) is 0 Å². The first-order valence-electron chi connectivity index (χ1n) is 5.46. The number of rotatable bonds is 2. The van der Waals surface area contributed by atoms with Crippen molar-refractivity contribution >= 4 is 23.2 Å². The maximum absolute atomic E-state index is 12.2. The number of nitrogens with two attached hydrogens (primary N) is 1. The average molecular weight is 255 g/mol. The number of carbonyl (C=O) groups excluding carboxylic acids is 1. The third-order valence-corrected chi connectivity index (χ3v) is 2.92. The first-order valence-corrected chi connectivity index (χ1v) is 5.84. The van der Waals surface area contributed by atoms with E-state index in [2.05, 4.69) is 0 Å². The minimum absolute atomic E-state index is 0.0993. The molecule has 1 heterocycles. The fourth-order valence-corrected chi connectivity index (χ4v) is 2.06. The van der Waals surface area contributed by atoms with Crippen molar-refractivity contribution in [3.63, 3.8) is 0 Å². The van der Waals surface area contributed by atoms with Gasteiger partial charge < -0.3 is 15.4 Å². The molecule has 17 heavy (non-hydrogen) atoms. The van der Waals surface area contributed by atoms with Crippen molar-refractivity contribution in [2.24, 2.45) is 5.73 Å². The highest BCUT2D eigenvalue weighted by molar-refractivity contribution is 6.31. The molecule has 0 radical (unpaired) electrons. The Morgan fingerprint density at radius 3 is 2.82 bits per heavy atom. The molecule has 92 valence electrons. The molecule has 1 aromatic carbocycles. The van der Waals surface area contributed by atoms with Crippen molar-refractivity contribution in [3.05, 3.63) is 23.2 Å². The Balaban J connectivity index is 2.51. The van der Waals surface area contributed by atoms with E-state index in [1.807, 2.05) is 0 Å². The second-order valence-electron chi connectivity index (χ2n) is 4.47. The number of benzene rings is 1. The number of carbonyl (C=O) groups is 1. The fourth-order valence-electron chi connectivity index (χ4n) is 1.89. The monoisotopic (exact) mass is 254 g/mol. The minimum atomic E-state index is -0.865. The zero-order valence-corrected chi connectivity index (χ0v) is 10.6. The summed E-state index contributed by atoms with van der Waals surface area (Å²) in [6.45, 7) is 4.35. The Hall–Kier alpha value is -1.26. The van der Waals surface area contributed by atoms with E-state index >= 15 is 0 Å². The van der Waals surface area contributed by atoms with Gasteiger partial charge in [0.1, 0.15) is 5.75 Å². The number of anilines is 1. The molecule has 0 aliphatic carbocycles. The molecule has 2 N–H and O–H groups in total. The van der Waals surface area contributed by atoms with E-state index < -0.39 is 5.60 Å². The Labute approximate surface area is 105 Å². The lowest BCUT2D eigenvalue weighted by atomic mass is 10.0. The minimum Gasteiger partial charge on any atom is -0.476 e. The molecule has 1 aliphatic heterocycles. The smallest absolute Gasteiger partial charge is 0.270 e. The summed E-state index contributed by atoms with van der Waals surface area (Å²) in [6, 6.07) is 5.24. The molecule has 0 bridgehead atoms. The van der Waals surface area contributed by atoms with Gasteiger partial charge in [-0.25, -0.2) is 0 Å². The van der Waals surface area contributed by atoms with Crippen molar-refractivity contribution in [2.45, 2.75) is 19.4 Å². The zero-order chi connectivity index (χ0) is 12.6. The van der Waals surface area contributed by atoms with E-state index in [-0.39, 0.29) is 5.91 Å². The quantitative estimate of drug-likeness (QED) is 0.876. The molecule has 4 nitrogen and oxygen atoms in total. The predicted molar refractivity (Wildman–Crippen MR) is 67.6 cm³/mol. The normalized spacial score (nSPS) is 17.6. The standard InChI is InChI=1S/C12H15ClN2O2/c1-12(2)11(16)15(6-5-14)9-7-8(13)3-4-10(9)17-12/h3-4,7H,5-6,14H2,1-2H3.